The number of para-hydroxylation sites is 1. The average molecular weight is 465 g/mol. The van der Waals surface area contributed by atoms with Crippen molar-refractivity contribution in [2.24, 2.45) is 7.05 Å². The monoisotopic (exact) mass is 464 g/mol. The van der Waals surface area contributed by atoms with Gasteiger partial charge in [-0.1, -0.05) is 18.2 Å². The van der Waals surface area contributed by atoms with Crippen molar-refractivity contribution >= 4 is 39.5 Å². The molecule has 7 nitrogen and oxygen atoms in total. The molecule has 0 atom stereocenters. The number of nitrogens with zero attached hydrogens (tertiary/aromatic N) is 4. The number of hydrogen-bond acceptors (Lipinski definition) is 6. The molecule has 0 radical (unpaired) electrons. The van der Waals surface area contributed by atoms with Crippen LogP contribution >= 0.6 is 11.3 Å². The Kier molecular flexibility index (Phi) is 5.93. The van der Waals surface area contributed by atoms with Crippen molar-refractivity contribution in [1.29, 1.82) is 0 Å². The van der Waals surface area contributed by atoms with Gasteiger partial charge in [-0.05, 0) is 43.4 Å². The summed E-state index contributed by atoms with van der Waals surface area (Å²) >= 11 is 1.68. The first-order valence-corrected chi connectivity index (χ1v) is 12.2. The van der Waals surface area contributed by atoms with Gasteiger partial charge in [-0.15, -0.1) is 11.3 Å². The second-order valence-corrected chi connectivity index (χ2v) is 9.64. The standard InChI is InChI=1S/C25H28N4O3S/c1-27-24(31)22-18-8-4-6-10-20(18)33-23(22)26-25(27)29-15-13-28(14-16-29)21(30)12-11-17-7-3-5-9-19(17)32-2/h3,5,7,9,11-12H,4,6,8,10,13-16H2,1-2H3. The molecule has 3 aromatic rings. The minimum atomic E-state index is -0.0243. The van der Waals surface area contributed by atoms with Crippen LogP contribution in [0.4, 0.5) is 5.95 Å². The predicted molar refractivity (Wildman–Crippen MR) is 132 cm³/mol. The van der Waals surface area contributed by atoms with Crippen molar-refractivity contribution in [3.8, 4) is 5.75 Å². The number of carbonyl (C=O) groups excluding carboxylic acids is 1. The SMILES string of the molecule is COc1ccccc1C=CC(=O)N1CCN(c2nc3sc4c(c3c(=O)n2C)CCCC4)CC1. The van der Waals surface area contributed by atoms with E-state index >= 15 is 0 Å². The summed E-state index contributed by atoms with van der Waals surface area (Å²) in [6.07, 6.45) is 7.77. The summed E-state index contributed by atoms with van der Waals surface area (Å²) in [6, 6.07) is 7.62. The van der Waals surface area contributed by atoms with Gasteiger partial charge < -0.3 is 14.5 Å². The maximum atomic E-state index is 13.2. The normalized spacial score (nSPS) is 16.4. The quantitative estimate of drug-likeness (QED) is 0.555. The van der Waals surface area contributed by atoms with Crippen LogP contribution in [0.15, 0.2) is 35.1 Å². The van der Waals surface area contributed by atoms with Gasteiger partial charge in [0.05, 0.1) is 12.5 Å². The Hall–Kier alpha value is -3.13. The molecule has 0 saturated carbocycles. The number of fused-ring (bicyclic) bond motifs is 3. The second-order valence-electron chi connectivity index (χ2n) is 8.55. The Bertz CT molecular complexity index is 1280. The fourth-order valence-electron chi connectivity index (χ4n) is 4.76. The summed E-state index contributed by atoms with van der Waals surface area (Å²) in [5, 5.41) is 0.816. The van der Waals surface area contributed by atoms with Crippen molar-refractivity contribution in [3.05, 3.63) is 56.7 Å². The Morgan fingerprint density at radius 3 is 2.67 bits per heavy atom. The molecule has 0 spiro atoms. The van der Waals surface area contributed by atoms with Crippen LogP contribution in [0.1, 0.15) is 28.8 Å². The number of hydrogen-bond donors (Lipinski definition) is 0. The molecule has 1 saturated heterocycles. The van der Waals surface area contributed by atoms with Gasteiger partial charge >= 0.3 is 0 Å². The average Bonchev–Trinajstić information content (AvgIpc) is 3.23. The van der Waals surface area contributed by atoms with E-state index in [1.807, 2.05) is 36.2 Å². The number of piperazine rings is 1. The number of amides is 1. The lowest BCUT2D eigenvalue weighted by Crippen LogP contribution is -2.49. The smallest absolute Gasteiger partial charge is 0.263 e. The Labute approximate surface area is 196 Å². The van der Waals surface area contributed by atoms with E-state index in [9.17, 15) is 9.59 Å². The van der Waals surface area contributed by atoms with Gasteiger partial charge in [0, 0.05) is 49.7 Å². The molecule has 5 rings (SSSR count). The van der Waals surface area contributed by atoms with E-state index in [4.69, 9.17) is 9.72 Å². The van der Waals surface area contributed by atoms with Gasteiger partial charge in [-0.25, -0.2) is 4.98 Å². The van der Waals surface area contributed by atoms with E-state index in [0.717, 1.165) is 40.8 Å². The van der Waals surface area contributed by atoms with E-state index in [-0.39, 0.29) is 11.5 Å². The first kappa shape index (κ1) is 21.7. The molecule has 1 aromatic carbocycles. The fraction of sp³-hybridized carbons (Fsp3) is 0.400. The van der Waals surface area contributed by atoms with Crippen LogP contribution in [-0.2, 0) is 24.7 Å². The van der Waals surface area contributed by atoms with E-state index in [1.54, 1.807) is 35.2 Å². The zero-order valence-corrected chi connectivity index (χ0v) is 19.9. The third kappa shape index (κ3) is 4.04. The van der Waals surface area contributed by atoms with E-state index in [1.165, 1.54) is 16.9 Å². The van der Waals surface area contributed by atoms with Crippen LogP contribution in [0.25, 0.3) is 16.3 Å². The molecular formula is C25H28N4O3S. The highest BCUT2D eigenvalue weighted by atomic mass is 32.1. The first-order chi connectivity index (χ1) is 16.1. The summed E-state index contributed by atoms with van der Waals surface area (Å²) in [5.74, 6) is 1.41. The van der Waals surface area contributed by atoms with Gasteiger partial charge in [-0.2, -0.15) is 0 Å². The Morgan fingerprint density at radius 2 is 1.88 bits per heavy atom. The third-order valence-electron chi connectivity index (χ3n) is 6.59. The number of ether oxygens (including phenoxy) is 1. The minimum Gasteiger partial charge on any atom is -0.496 e. The highest BCUT2D eigenvalue weighted by Crippen LogP contribution is 2.34. The zero-order chi connectivity index (χ0) is 22.9. The molecule has 8 heteroatoms. The number of carbonyl (C=O) groups is 1. The van der Waals surface area contributed by atoms with Crippen molar-refractivity contribution in [2.45, 2.75) is 25.7 Å². The van der Waals surface area contributed by atoms with E-state index in [2.05, 4.69) is 4.90 Å². The highest BCUT2D eigenvalue weighted by molar-refractivity contribution is 7.18. The lowest BCUT2D eigenvalue weighted by molar-refractivity contribution is -0.126. The molecule has 0 bridgehead atoms. The summed E-state index contributed by atoms with van der Waals surface area (Å²) in [5.41, 5.74) is 2.14. The van der Waals surface area contributed by atoms with Crippen molar-refractivity contribution < 1.29 is 9.53 Å². The minimum absolute atomic E-state index is 0.0243. The number of aromatic nitrogens is 2. The zero-order valence-electron chi connectivity index (χ0n) is 19.0. The van der Waals surface area contributed by atoms with Gasteiger partial charge in [0.15, 0.2) is 0 Å². The summed E-state index contributed by atoms with van der Waals surface area (Å²) in [4.78, 5) is 37.0. The maximum Gasteiger partial charge on any atom is 0.263 e. The molecular weight excluding hydrogens is 436 g/mol. The van der Waals surface area contributed by atoms with Gasteiger partial charge in [0.25, 0.3) is 5.56 Å². The van der Waals surface area contributed by atoms with Crippen LogP contribution in [0.2, 0.25) is 0 Å². The van der Waals surface area contributed by atoms with Crippen LogP contribution < -0.4 is 15.2 Å². The Balaban J connectivity index is 1.31. The van der Waals surface area contributed by atoms with Crippen molar-refractivity contribution in [2.75, 3.05) is 38.2 Å². The Morgan fingerprint density at radius 1 is 1.12 bits per heavy atom. The van der Waals surface area contributed by atoms with E-state index < -0.39 is 0 Å². The number of benzene rings is 1. The molecule has 172 valence electrons. The molecule has 3 heterocycles. The highest BCUT2D eigenvalue weighted by Gasteiger charge is 2.26. The molecule has 1 fully saturated rings. The summed E-state index contributed by atoms with van der Waals surface area (Å²) < 4.78 is 7.03. The predicted octanol–water partition coefficient (Wildman–Crippen LogP) is 3.24. The largest absolute Gasteiger partial charge is 0.496 e. The van der Waals surface area contributed by atoms with Gasteiger partial charge in [-0.3, -0.25) is 14.2 Å². The lowest BCUT2D eigenvalue weighted by atomic mass is 9.97. The van der Waals surface area contributed by atoms with Crippen LogP contribution in [0.5, 0.6) is 5.75 Å². The summed E-state index contributed by atoms with van der Waals surface area (Å²) in [7, 11) is 3.43. The van der Waals surface area contributed by atoms with Crippen molar-refractivity contribution in [3.63, 3.8) is 0 Å². The van der Waals surface area contributed by atoms with Gasteiger partial charge in [0.2, 0.25) is 11.9 Å². The second kappa shape index (κ2) is 9.02. The third-order valence-corrected chi connectivity index (χ3v) is 7.78. The van der Waals surface area contributed by atoms with Crippen molar-refractivity contribution in [1.82, 2.24) is 14.5 Å². The fourth-order valence-corrected chi connectivity index (χ4v) is 6.00. The molecule has 2 aromatic heterocycles. The molecule has 1 amide bonds. The van der Waals surface area contributed by atoms with Crippen LogP contribution in [0, 0.1) is 0 Å². The number of methoxy groups -OCH3 is 1. The first-order valence-electron chi connectivity index (χ1n) is 11.4. The number of rotatable bonds is 4. The maximum absolute atomic E-state index is 13.2. The topological polar surface area (TPSA) is 67.7 Å². The van der Waals surface area contributed by atoms with Crippen LogP contribution in [-0.4, -0.2) is 53.6 Å². The summed E-state index contributed by atoms with van der Waals surface area (Å²) in [6.45, 7) is 2.46. The number of thiophene rings is 1. The number of aryl methyl sites for hydroxylation is 2. The molecule has 2 aliphatic rings. The molecule has 1 aliphatic heterocycles. The van der Waals surface area contributed by atoms with Crippen LogP contribution in [0.3, 0.4) is 0 Å². The molecule has 0 N–H and O–H groups in total. The van der Waals surface area contributed by atoms with Gasteiger partial charge in [0.1, 0.15) is 10.6 Å². The number of anilines is 1. The molecule has 0 unspecified atom stereocenters. The lowest BCUT2D eigenvalue weighted by Gasteiger charge is -2.35. The molecule has 1 aliphatic carbocycles. The van der Waals surface area contributed by atoms with E-state index in [0.29, 0.717) is 32.1 Å². The molecule has 33 heavy (non-hydrogen) atoms.